The number of imide groups is 1. The number of nitrogens with one attached hydrogen (secondary N) is 6. The van der Waals surface area contributed by atoms with Crippen molar-refractivity contribution in [1.29, 1.82) is 0 Å². The molecular formula is C65H107N15O15. The third-order valence-electron chi connectivity index (χ3n) is 15.9. The quantitative estimate of drug-likeness (QED) is 0.0112. The van der Waals surface area contributed by atoms with Crippen molar-refractivity contribution in [3.63, 3.8) is 0 Å². The molecule has 30 heteroatoms. The fourth-order valence-electron chi connectivity index (χ4n) is 10.9. The Balaban J connectivity index is 3.05. The van der Waals surface area contributed by atoms with Crippen LogP contribution in [0.25, 0.3) is 0 Å². The topological polar surface area (TPSA) is 539 Å². The molecule has 0 saturated heterocycles. The number of nitrogen functional groups attached to an aromatic ring is 1. The lowest BCUT2D eigenvalue weighted by atomic mass is 9.65. The van der Waals surface area contributed by atoms with Gasteiger partial charge >= 0.3 is 5.97 Å². The average Bonchev–Trinajstić information content (AvgIpc) is 0.720. The molecule has 14 atom stereocenters. The molecule has 0 heterocycles. The molecular weight excluding hydrogens is 1230 g/mol. The number of nitrogens with two attached hydrogens (primary N) is 7. The van der Waals surface area contributed by atoms with Crippen molar-refractivity contribution in [2.75, 3.05) is 25.4 Å². The van der Waals surface area contributed by atoms with E-state index in [1.807, 2.05) is 0 Å². The summed E-state index contributed by atoms with van der Waals surface area (Å²) in [5, 5.41) is 56.0. The number of guanidine groups is 1. The summed E-state index contributed by atoms with van der Waals surface area (Å²) in [5.41, 5.74) is 40.8. The van der Waals surface area contributed by atoms with Crippen molar-refractivity contribution in [3.05, 3.63) is 65.7 Å². The number of carboxylic acids is 1. The van der Waals surface area contributed by atoms with E-state index in [9.17, 15) is 44.4 Å². The first-order valence-electron chi connectivity index (χ1n) is 31.9. The van der Waals surface area contributed by atoms with Crippen LogP contribution in [0.3, 0.4) is 0 Å². The summed E-state index contributed by atoms with van der Waals surface area (Å²) in [4.78, 5) is 167. The zero-order valence-electron chi connectivity index (χ0n) is 57.1. The van der Waals surface area contributed by atoms with Crippen LogP contribution < -0.4 is 72.0 Å². The molecule has 8 amide bonds. The number of aliphatic hydroxyl groups is 3. The minimum absolute atomic E-state index is 0.141. The number of carbonyl (C=O) groups excluding carboxylic acids is 10. The highest BCUT2D eigenvalue weighted by atomic mass is 16.4. The molecule has 0 spiro atoms. The number of hydrogen-bond acceptors (Lipinski definition) is 20. The van der Waals surface area contributed by atoms with Crippen molar-refractivity contribution >= 4 is 76.4 Å². The molecule has 2 aromatic carbocycles. The Hall–Kier alpha value is -8.00. The summed E-state index contributed by atoms with van der Waals surface area (Å²) in [6.07, 6.45) is -4.85. The molecule has 0 fully saturated rings. The number of aliphatic hydroxyl groups excluding tert-OH is 3. The van der Waals surface area contributed by atoms with Crippen LogP contribution in [0.4, 0.5) is 5.69 Å². The van der Waals surface area contributed by atoms with E-state index in [1.54, 1.807) is 97.0 Å². The fourth-order valence-corrected chi connectivity index (χ4v) is 10.9. The summed E-state index contributed by atoms with van der Waals surface area (Å²) in [5.74, 6) is -19.3. The summed E-state index contributed by atoms with van der Waals surface area (Å²) >= 11 is 0. The van der Waals surface area contributed by atoms with Crippen LogP contribution in [-0.4, -0.2) is 188 Å². The maximum Gasteiger partial charge on any atom is 0.328 e. The molecule has 0 saturated carbocycles. The van der Waals surface area contributed by atoms with Gasteiger partial charge in [-0.15, -0.1) is 0 Å². The first kappa shape index (κ1) is 83.1. The van der Waals surface area contributed by atoms with Gasteiger partial charge in [0.1, 0.15) is 36.3 Å². The molecule has 0 radical (unpaired) electrons. The normalized spacial score (nSPS) is 16.6. The minimum atomic E-state index is -3.49. The van der Waals surface area contributed by atoms with Crippen LogP contribution in [0.15, 0.2) is 59.6 Å². The third-order valence-corrected chi connectivity index (χ3v) is 15.9. The van der Waals surface area contributed by atoms with Gasteiger partial charge in [0.15, 0.2) is 23.1 Å². The van der Waals surface area contributed by atoms with E-state index in [-0.39, 0.29) is 55.9 Å². The van der Waals surface area contributed by atoms with Crippen LogP contribution in [0.1, 0.15) is 133 Å². The second kappa shape index (κ2) is 37.3. The molecule has 0 aliphatic carbocycles. The van der Waals surface area contributed by atoms with Gasteiger partial charge in [-0.2, -0.15) is 0 Å². The Morgan fingerprint density at radius 2 is 1.18 bits per heavy atom. The predicted octanol–water partition coefficient (Wildman–Crippen LogP) is -2.15. The maximum atomic E-state index is 16.7. The van der Waals surface area contributed by atoms with Crippen LogP contribution in [0.2, 0.25) is 0 Å². The van der Waals surface area contributed by atoms with Crippen molar-refractivity contribution in [2.24, 2.45) is 73.9 Å². The molecule has 0 bridgehead atoms. The van der Waals surface area contributed by atoms with Gasteiger partial charge in [-0.1, -0.05) is 132 Å². The van der Waals surface area contributed by atoms with E-state index in [0.29, 0.717) is 16.8 Å². The van der Waals surface area contributed by atoms with E-state index in [2.05, 4.69) is 36.9 Å². The SMILES string of the molecule is CCC(C)[C@H](NC(=O)[C@@H](CCCN=C(N)N)NC(=O)[C@](C(=O)[C@@H](N)CC(C)(C)C)(C(C(=O)[C@@H](N)Cc1cccc(N)c1)C(C)C)N(C(=O)[C@H](N)CC(C)(C)C)C(=O)[C@@H](N)[C@H](O)C(C)C)C(=O)N[C@H](C(=O)NCC(=O)N[C@@H](Cc1ccccc1)C(=O)N[C@@H](CO)C(=O)O)[C@H](C)O. The van der Waals surface area contributed by atoms with E-state index in [1.165, 1.54) is 40.7 Å². The van der Waals surface area contributed by atoms with Gasteiger partial charge in [0.05, 0.1) is 49.4 Å². The van der Waals surface area contributed by atoms with Gasteiger partial charge in [0, 0.05) is 18.7 Å². The standard InChI is InChI=1S/C65H107N15O15/c1-14-35(6)49(57(90)79-50(36(7)82)56(89)74-31-46(83)75-44(28-37-20-16-15-17-21-37)55(88)76-45(32-81)60(93)94)78-54(87)43(24-19-25-73-62(71)72)77-61(95)65(53(86)41(68)29-63(8,9)10,47(33(2)3)52(85)40(67)27-38-22-18-23-39(66)26-38)80(58(91)42(69)30-64(11,12)13)59(92)48(70)51(84)34(4)5/h15-18,20-23,26,33-36,40-45,47-51,81-82,84H,14,19,24-25,27-32,66-70H2,1-13H3,(H,74,89)(H,75,83)(H,76,88)(H,77,95)(H,78,87)(H,79,90)(H,93,94)(H4,71,72,73)/t35?,36-,40-,41-,42+,43+,44-,45-,47?,48-,49-,50-,51+,65+/m0/s1. The van der Waals surface area contributed by atoms with Gasteiger partial charge < -0.3 is 92.5 Å². The lowest BCUT2D eigenvalue weighted by Gasteiger charge is -2.49. The Bertz CT molecular complexity index is 2990. The van der Waals surface area contributed by atoms with Crippen molar-refractivity contribution < 1.29 is 73.2 Å². The zero-order valence-corrected chi connectivity index (χ0v) is 57.1. The van der Waals surface area contributed by atoms with E-state index < -0.39 is 191 Å². The number of carbonyl (C=O) groups is 11. The minimum Gasteiger partial charge on any atom is -0.480 e. The van der Waals surface area contributed by atoms with Gasteiger partial charge in [-0.3, -0.25) is 57.8 Å². The zero-order chi connectivity index (χ0) is 72.8. The molecule has 2 aromatic rings. The van der Waals surface area contributed by atoms with Crippen LogP contribution in [-0.2, 0) is 65.6 Å². The van der Waals surface area contributed by atoms with E-state index in [4.69, 9.17) is 40.1 Å². The van der Waals surface area contributed by atoms with Gasteiger partial charge in [-0.25, -0.2) is 4.79 Å². The largest absolute Gasteiger partial charge is 0.480 e. The number of aliphatic imine (C=N–C) groups is 1. The van der Waals surface area contributed by atoms with Gasteiger partial charge in [-0.05, 0) is 90.9 Å². The summed E-state index contributed by atoms with van der Waals surface area (Å²) < 4.78 is 0. The number of ketones is 2. The van der Waals surface area contributed by atoms with Crippen LogP contribution in [0.5, 0.6) is 0 Å². The van der Waals surface area contributed by atoms with Crippen molar-refractivity contribution in [3.8, 4) is 0 Å². The third kappa shape index (κ3) is 24.9. The fraction of sp³-hybridized carbons (Fsp3) is 0.631. The number of Topliss-reactive ketones (excluding diaryl/α,β-unsaturated/α-hetero) is 2. The number of benzene rings is 2. The van der Waals surface area contributed by atoms with Gasteiger partial charge in [0.25, 0.3) is 5.91 Å². The van der Waals surface area contributed by atoms with Crippen molar-refractivity contribution in [2.45, 2.75) is 207 Å². The molecule has 24 N–H and O–H groups in total. The van der Waals surface area contributed by atoms with E-state index in [0.717, 1.165) is 6.92 Å². The molecule has 2 unspecified atom stereocenters. The lowest BCUT2D eigenvalue weighted by molar-refractivity contribution is -0.174. The number of aliphatic carboxylic acids is 1. The Labute approximate surface area is 556 Å². The predicted molar refractivity (Wildman–Crippen MR) is 357 cm³/mol. The average molecular weight is 1340 g/mol. The number of carboxylic acid groups (broad SMARTS) is 1. The summed E-state index contributed by atoms with van der Waals surface area (Å²) in [6.45, 7) is 18.5. The van der Waals surface area contributed by atoms with Gasteiger partial charge in [0.2, 0.25) is 41.4 Å². The molecule has 532 valence electrons. The number of nitrogens with zero attached hydrogens (tertiary/aromatic N) is 2. The molecule has 95 heavy (non-hydrogen) atoms. The Kier molecular flexibility index (Phi) is 32.7. The molecule has 0 aliphatic rings. The van der Waals surface area contributed by atoms with Crippen LogP contribution >= 0.6 is 0 Å². The van der Waals surface area contributed by atoms with Crippen molar-refractivity contribution in [1.82, 2.24) is 36.8 Å². The Morgan fingerprint density at radius 1 is 0.621 bits per heavy atom. The Morgan fingerprint density at radius 3 is 1.68 bits per heavy atom. The number of hydrogen-bond donors (Lipinski definition) is 17. The highest BCUT2D eigenvalue weighted by molar-refractivity contribution is 6.23. The smallest absolute Gasteiger partial charge is 0.328 e. The second-order valence-corrected chi connectivity index (χ2v) is 27.5. The first-order chi connectivity index (χ1) is 44.0. The number of amides is 8. The molecule has 2 rings (SSSR count). The first-order valence-corrected chi connectivity index (χ1v) is 31.9. The molecule has 0 aromatic heterocycles. The maximum absolute atomic E-state index is 16.7. The monoisotopic (exact) mass is 1340 g/mol. The number of rotatable bonds is 38. The summed E-state index contributed by atoms with van der Waals surface area (Å²) in [7, 11) is 0. The van der Waals surface area contributed by atoms with E-state index >= 15 is 28.8 Å². The highest BCUT2D eigenvalue weighted by Gasteiger charge is 2.66. The number of anilines is 1. The molecule has 0 aliphatic heterocycles. The molecule has 30 nitrogen and oxygen atoms in total. The second-order valence-electron chi connectivity index (χ2n) is 27.5. The van der Waals surface area contributed by atoms with Crippen LogP contribution in [0, 0.1) is 34.5 Å². The summed E-state index contributed by atoms with van der Waals surface area (Å²) in [6, 6.07) is -1.29. The lowest BCUT2D eigenvalue weighted by Crippen LogP contribution is -2.79. The highest BCUT2D eigenvalue weighted by Crippen LogP contribution is 2.39.